The summed E-state index contributed by atoms with van der Waals surface area (Å²) in [5.74, 6) is -0.0515. The Balaban J connectivity index is 1.38. The van der Waals surface area contributed by atoms with Gasteiger partial charge in [-0.2, -0.15) is 0 Å². The molecule has 1 saturated heterocycles. The molecule has 0 radical (unpaired) electrons. The van der Waals surface area contributed by atoms with Crippen LogP contribution in [0.1, 0.15) is 33.8 Å². The lowest BCUT2D eigenvalue weighted by atomic mass is 9.95. The van der Waals surface area contributed by atoms with Gasteiger partial charge in [0.1, 0.15) is 9.71 Å². The van der Waals surface area contributed by atoms with Crippen LogP contribution in [0.25, 0.3) is 10.2 Å². The summed E-state index contributed by atoms with van der Waals surface area (Å²) in [6.45, 7) is 2.70. The molecule has 5 rings (SSSR count). The Hall–Kier alpha value is -2.72. The molecule has 10 heteroatoms. The van der Waals surface area contributed by atoms with Crippen molar-refractivity contribution in [1.29, 1.82) is 0 Å². The SMILES string of the molecule is Nc1c(C(=O)Nc2c[n+](N3CCOCC3)no2)sc2nc3c(cc12)CCCC3. The van der Waals surface area contributed by atoms with Crippen molar-refractivity contribution >= 4 is 39.0 Å². The summed E-state index contributed by atoms with van der Waals surface area (Å²) in [5.41, 5.74) is 9.14. The number of aromatic nitrogens is 3. The van der Waals surface area contributed by atoms with E-state index in [2.05, 4.69) is 16.7 Å². The third-order valence-electron chi connectivity index (χ3n) is 5.18. The lowest BCUT2D eigenvalue weighted by Crippen LogP contribution is -2.62. The molecular formula is C18H21N6O3S+. The number of anilines is 2. The van der Waals surface area contributed by atoms with Crippen molar-refractivity contribution in [1.82, 2.24) is 10.3 Å². The van der Waals surface area contributed by atoms with Crippen LogP contribution in [-0.4, -0.2) is 42.5 Å². The summed E-state index contributed by atoms with van der Waals surface area (Å²) in [7, 11) is 0. The van der Waals surface area contributed by atoms with Gasteiger partial charge in [-0.05, 0) is 37.3 Å². The van der Waals surface area contributed by atoms with Crippen LogP contribution in [0.15, 0.2) is 16.8 Å². The second kappa shape index (κ2) is 7.02. The molecule has 0 unspecified atom stereocenters. The summed E-state index contributed by atoms with van der Waals surface area (Å²) in [4.78, 5) is 20.4. The number of thiophene rings is 1. The second-order valence-electron chi connectivity index (χ2n) is 7.01. The van der Waals surface area contributed by atoms with Crippen LogP contribution in [0, 0.1) is 0 Å². The number of morpholine rings is 1. The van der Waals surface area contributed by atoms with E-state index < -0.39 is 0 Å². The first-order valence-corrected chi connectivity index (χ1v) is 10.2. The predicted octanol–water partition coefficient (Wildman–Crippen LogP) is 1.25. The number of carbonyl (C=O) groups excluding carboxylic acids is 1. The van der Waals surface area contributed by atoms with Gasteiger partial charge in [-0.1, -0.05) is 0 Å². The molecule has 1 amide bonds. The van der Waals surface area contributed by atoms with E-state index >= 15 is 0 Å². The average molecular weight is 401 g/mol. The van der Waals surface area contributed by atoms with Crippen LogP contribution in [0.2, 0.25) is 0 Å². The highest BCUT2D eigenvalue weighted by Gasteiger charge is 2.26. The third-order valence-corrected chi connectivity index (χ3v) is 6.29. The van der Waals surface area contributed by atoms with Gasteiger partial charge < -0.3 is 10.5 Å². The van der Waals surface area contributed by atoms with Crippen LogP contribution in [0.4, 0.5) is 11.6 Å². The molecule has 0 atom stereocenters. The Morgan fingerprint density at radius 3 is 2.96 bits per heavy atom. The topological polar surface area (TPSA) is 110 Å². The lowest BCUT2D eigenvalue weighted by Gasteiger charge is -2.18. The van der Waals surface area contributed by atoms with Gasteiger partial charge in [0.25, 0.3) is 12.1 Å². The minimum absolute atomic E-state index is 0.264. The van der Waals surface area contributed by atoms with Gasteiger partial charge in [0.2, 0.25) is 5.27 Å². The Morgan fingerprint density at radius 2 is 2.11 bits per heavy atom. The van der Waals surface area contributed by atoms with Gasteiger partial charge in [0.05, 0.1) is 36.8 Å². The fraction of sp³-hybridized carbons (Fsp3) is 0.444. The van der Waals surface area contributed by atoms with Gasteiger partial charge in [0.15, 0.2) is 0 Å². The van der Waals surface area contributed by atoms with Crippen molar-refractivity contribution in [2.45, 2.75) is 25.7 Å². The number of pyridine rings is 1. The lowest BCUT2D eigenvalue weighted by molar-refractivity contribution is -0.759. The number of rotatable bonds is 3. The van der Waals surface area contributed by atoms with Crippen LogP contribution in [0.3, 0.4) is 0 Å². The van der Waals surface area contributed by atoms with Gasteiger partial charge in [-0.3, -0.25) is 14.6 Å². The van der Waals surface area contributed by atoms with E-state index in [1.165, 1.54) is 23.3 Å². The summed E-state index contributed by atoms with van der Waals surface area (Å²) in [6.07, 6.45) is 5.99. The molecule has 1 fully saturated rings. The third kappa shape index (κ3) is 3.08. The van der Waals surface area contributed by atoms with Gasteiger partial charge in [0, 0.05) is 11.1 Å². The molecule has 9 nitrogen and oxygen atoms in total. The standard InChI is InChI=1S/C18H20N6O3S/c19-15-12-9-11-3-1-2-4-13(11)20-18(12)28-16(15)17(25)21-14-10-24(22-27-14)23-5-7-26-8-6-23/h9-10H,1-8H2,(H2-,19,21,22,25)/p+1. The number of nitrogens with one attached hydrogen (secondary N) is 1. The molecule has 1 aliphatic carbocycles. The fourth-order valence-corrected chi connectivity index (χ4v) is 4.67. The van der Waals surface area contributed by atoms with Crippen molar-refractivity contribution < 1.29 is 18.8 Å². The Bertz CT molecular complexity index is 1040. The van der Waals surface area contributed by atoms with Crippen molar-refractivity contribution in [3.05, 3.63) is 28.4 Å². The van der Waals surface area contributed by atoms with Gasteiger partial charge in [-0.15, -0.1) is 16.3 Å². The largest absolute Gasteiger partial charge is 0.397 e. The quantitative estimate of drug-likeness (QED) is 0.636. The van der Waals surface area contributed by atoms with E-state index in [4.69, 9.17) is 20.0 Å². The highest BCUT2D eigenvalue weighted by Crippen LogP contribution is 2.35. The molecule has 3 N–H and O–H groups in total. The van der Waals surface area contributed by atoms with Crippen molar-refractivity contribution in [3.63, 3.8) is 0 Å². The second-order valence-corrected chi connectivity index (χ2v) is 8.00. The van der Waals surface area contributed by atoms with Crippen LogP contribution >= 0.6 is 11.3 Å². The first-order chi connectivity index (χ1) is 13.7. The normalized spacial score (nSPS) is 16.9. The van der Waals surface area contributed by atoms with E-state index in [-0.39, 0.29) is 11.8 Å². The molecule has 3 aromatic rings. The molecule has 0 spiro atoms. The summed E-state index contributed by atoms with van der Waals surface area (Å²) in [5, 5.41) is 9.54. The number of nitrogens with zero attached hydrogens (tertiary/aromatic N) is 4. The number of carbonyl (C=O) groups is 1. The number of hydrogen-bond acceptors (Lipinski definition) is 8. The summed E-state index contributed by atoms with van der Waals surface area (Å²) in [6, 6.07) is 2.10. The number of nitrogen functional groups attached to an aromatic ring is 1. The minimum Gasteiger partial charge on any atom is -0.397 e. The molecule has 1 aliphatic heterocycles. The first-order valence-electron chi connectivity index (χ1n) is 9.43. The zero-order valence-electron chi connectivity index (χ0n) is 15.3. The average Bonchev–Trinajstić information content (AvgIpc) is 3.32. The van der Waals surface area contributed by atoms with Gasteiger partial charge >= 0.3 is 5.88 Å². The molecule has 2 aliphatic rings. The van der Waals surface area contributed by atoms with Crippen molar-refractivity contribution in [3.8, 4) is 0 Å². The maximum Gasteiger partial charge on any atom is 0.306 e. The molecule has 4 heterocycles. The predicted molar refractivity (Wildman–Crippen MR) is 104 cm³/mol. The summed E-state index contributed by atoms with van der Waals surface area (Å²) >= 11 is 1.31. The molecule has 146 valence electrons. The smallest absolute Gasteiger partial charge is 0.306 e. The van der Waals surface area contributed by atoms with E-state index in [9.17, 15) is 4.79 Å². The van der Waals surface area contributed by atoms with Crippen molar-refractivity contribution in [2.24, 2.45) is 0 Å². The number of hydrogen-bond donors (Lipinski definition) is 2. The number of ether oxygens (including phenoxy) is 1. The molecular weight excluding hydrogens is 380 g/mol. The van der Waals surface area contributed by atoms with Crippen molar-refractivity contribution in [2.75, 3.05) is 42.4 Å². The maximum absolute atomic E-state index is 12.8. The highest BCUT2D eigenvalue weighted by atomic mass is 32.1. The molecule has 3 aromatic heterocycles. The Kier molecular flexibility index (Phi) is 4.36. The van der Waals surface area contributed by atoms with E-state index in [0.29, 0.717) is 36.9 Å². The van der Waals surface area contributed by atoms with Gasteiger partial charge in [-0.25, -0.2) is 4.98 Å². The number of nitrogens with two attached hydrogens (primary N) is 1. The number of amides is 1. The Morgan fingerprint density at radius 1 is 1.29 bits per heavy atom. The van der Waals surface area contributed by atoms with E-state index in [1.807, 2.05) is 5.01 Å². The Labute approximate surface area is 165 Å². The van der Waals surface area contributed by atoms with E-state index in [1.54, 1.807) is 11.0 Å². The fourth-order valence-electron chi connectivity index (χ4n) is 3.68. The maximum atomic E-state index is 12.8. The molecule has 0 aromatic carbocycles. The number of aryl methyl sites for hydroxylation is 2. The molecule has 0 bridgehead atoms. The first kappa shape index (κ1) is 17.4. The van der Waals surface area contributed by atoms with Crippen LogP contribution in [0.5, 0.6) is 0 Å². The van der Waals surface area contributed by atoms with Crippen LogP contribution < -0.4 is 20.9 Å². The highest BCUT2D eigenvalue weighted by molar-refractivity contribution is 7.21. The zero-order valence-corrected chi connectivity index (χ0v) is 16.1. The zero-order chi connectivity index (χ0) is 19.1. The molecule has 28 heavy (non-hydrogen) atoms. The van der Waals surface area contributed by atoms with Crippen LogP contribution in [-0.2, 0) is 17.6 Å². The summed E-state index contributed by atoms with van der Waals surface area (Å²) < 4.78 is 10.6. The minimum atomic E-state index is -0.316. The molecule has 0 saturated carbocycles. The number of fused-ring (bicyclic) bond motifs is 2. The van der Waals surface area contributed by atoms with E-state index in [0.717, 1.165) is 35.2 Å². The monoisotopic (exact) mass is 401 g/mol.